The van der Waals surface area contributed by atoms with Gasteiger partial charge in [-0.2, -0.15) is 5.26 Å². The van der Waals surface area contributed by atoms with Crippen molar-refractivity contribution in [1.82, 2.24) is 0 Å². The zero-order valence-electron chi connectivity index (χ0n) is 15.8. The molecule has 0 amide bonds. The van der Waals surface area contributed by atoms with Crippen molar-refractivity contribution in [2.45, 2.75) is 0 Å². The maximum Gasteiger partial charge on any atom is 0.269 e. The summed E-state index contributed by atoms with van der Waals surface area (Å²) in [6, 6.07) is 22.9. The van der Waals surface area contributed by atoms with Crippen LogP contribution in [0.15, 0.2) is 77.3 Å². The van der Waals surface area contributed by atoms with Gasteiger partial charge in [0.15, 0.2) is 0 Å². The number of nitriles is 1. The summed E-state index contributed by atoms with van der Waals surface area (Å²) in [6.45, 7) is 0.702. The highest BCUT2D eigenvalue weighted by atomic mass is 79.9. The van der Waals surface area contributed by atoms with Crippen molar-refractivity contribution in [3.63, 3.8) is 0 Å². The normalized spacial score (nSPS) is 10.9. The lowest BCUT2D eigenvalue weighted by Crippen LogP contribution is -2.09. The fraction of sp³-hybridized carbons (Fsp3) is 0.0870. The summed E-state index contributed by atoms with van der Waals surface area (Å²) < 4.78 is 12.5. The van der Waals surface area contributed by atoms with Gasteiger partial charge >= 0.3 is 0 Å². The van der Waals surface area contributed by atoms with E-state index in [-0.39, 0.29) is 5.69 Å². The molecule has 0 unspecified atom stereocenters. The van der Waals surface area contributed by atoms with E-state index in [1.54, 1.807) is 18.2 Å². The highest BCUT2D eigenvalue weighted by Crippen LogP contribution is 2.26. The predicted octanol–water partition coefficient (Wildman–Crippen LogP) is 5.88. The van der Waals surface area contributed by atoms with Crippen LogP contribution in [-0.2, 0) is 0 Å². The van der Waals surface area contributed by atoms with Gasteiger partial charge in [-0.05, 0) is 54.1 Å². The minimum absolute atomic E-state index is 0.0226. The summed E-state index contributed by atoms with van der Waals surface area (Å²) >= 11 is 3.38. The van der Waals surface area contributed by atoms with Gasteiger partial charge in [-0.3, -0.25) is 10.1 Å². The minimum atomic E-state index is -0.473. The Morgan fingerprint density at radius 2 is 1.67 bits per heavy atom. The smallest absolute Gasteiger partial charge is 0.269 e. The first-order valence-corrected chi connectivity index (χ1v) is 9.83. The molecule has 0 spiro atoms. The number of nitro benzene ring substituents is 1. The molecule has 3 aromatic carbocycles. The molecular formula is C23H17BrN2O4. The summed E-state index contributed by atoms with van der Waals surface area (Å²) in [4.78, 5) is 10.3. The summed E-state index contributed by atoms with van der Waals surface area (Å²) in [5, 5.41) is 20.4. The van der Waals surface area contributed by atoms with E-state index in [1.807, 2.05) is 48.5 Å². The van der Waals surface area contributed by atoms with Crippen molar-refractivity contribution in [3.8, 4) is 17.6 Å². The Bertz CT molecular complexity index is 1090. The minimum Gasteiger partial charge on any atom is -0.490 e. The van der Waals surface area contributed by atoms with E-state index in [2.05, 4.69) is 22.0 Å². The molecule has 0 aromatic heterocycles. The highest BCUT2D eigenvalue weighted by molar-refractivity contribution is 9.10. The molecule has 150 valence electrons. The van der Waals surface area contributed by atoms with E-state index in [4.69, 9.17) is 9.47 Å². The number of allylic oxidation sites excluding steroid dienone is 1. The van der Waals surface area contributed by atoms with Crippen LogP contribution in [0.25, 0.3) is 11.6 Å². The third kappa shape index (κ3) is 5.69. The maximum atomic E-state index is 10.8. The van der Waals surface area contributed by atoms with Crippen LogP contribution in [0.3, 0.4) is 0 Å². The van der Waals surface area contributed by atoms with Crippen LogP contribution >= 0.6 is 15.9 Å². The summed E-state index contributed by atoms with van der Waals surface area (Å²) in [5.74, 6) is 1.37. The summed E-state index contributed by atoms with van der Waals surface area (Å²) in [5.41, 5.74) is 1.69. The molecule has 3 aromatic rings. The maximum absolute atomic E-state index is 10.8. The summed E-state index contributed by atoms with van der Waals surface area (Å²) in [7, 11) is 0. The molecule has 0 saturated carbocycles. The van der Waals surface area contributed by atoms with Gasteiger partial charge in [0.2, 0.25) is 0 Å². The average molecular weight is 465 g/mol. The van der Waals surface area contributed by atoms with Crippen molar-refractivity contribution in [3.05, 3.63) is 98.5 Å². The molecule has 3 rings (SSSR count). The Morgan fingerprint density at radius 1 is 1.00 bits per heavy atom. The Balaban J connectivity index is 1.69. The Kier molecular flexibility index (Phi) is 7.19. The fourth-order valence-electron chi connectivity index (χ4n) is 2.67. The molecule has 7 heteroatoms. The Labute approximate surface area is 182 Å². The molecule has 0 radical (unpaired) electrons. The lowest BCUT2D eigenvalue weighted by Gasteiger charge is -2.11. The fourth-order valence-corrected chi connectivity index (χ4v) is 2.94. The first-order valence-electron chi connectivity index (χ1n) is 9.03. The van der Waals surface area contributed by atoms with Crippen molar-refractivity contribution >= 4 is 33.3 Å². The highest BCUT2D eigenvalue weighted by Gasteiger charge is 2.08. The molecule has 0 atom stereocenters. The first kappa shape index (κ1) is 21.1. The number of nitrogens with zero attached hydrogens (tertiary/aromatic N) is 2. The van der Waals surface area contributed by atoms with Gasteiger partial charge in [0.25, 0.3) is 5.69 Å². The number of benzene rings is 3. The van der Waals surface area contributed by atoms with Crippen LogP contribution in [0, 0.1) is 21.4 Å². The second kappa shape index (κ2) is 10.2. The number of halogens is 1. The monoisotopic (exact) mass is 464 g/mol. The van der Waals surface area contributed by atoms with E-state index in [9.17, 15) is 15.4 Å². The van der Waals surface area contributed by atoms with Crippen LogP contribution in [0.4, 0.5) is 5.69 Å². The van der Waals surface area contributed by atoms with Crippen molar-refractivity contribution < 1.29 is 14.4 Å². The molecule has 0 bridgehead atoms. The molecule has 30 heavy (non-hydrogen) atoms. The number of ether oxygens (including phenoxy) is 2. The molecular weight excluding hydrogens is 448 g/mol. The largest absolute Gasteiger partial charge is 0.490 e. The molecule has 0 fully saturated rings. The van der Waals surface area contributed by atoms with Crippen molar-refractivity contribution in [2.75, 3.05) is 13.2 Å². The number of nitro groups is 1. The zero-order valence-corrected chi connectivity index (χ0v) is 17.4. The topological polar surface area (TPSA) is 85.4 Å². The number of hydrogen-bond donors (Lipinski definition) is 0. The van der Waals surface area contributed by atoms with E-state index in [0.717, 1.165) is 15.8 Å². The zero-order chi connectivity index (χ0) is 21.3. The van der Waals surface area contributed by atoms with Crippen molar-refractivity contribution in [2.24, 2.45) is 0 Å². The first-order chi connectivity index (χ1) is 14.6. The predicted molar refractivity (Wildman–Crippen MR) is 118 cm³/mol. The van der Waals surface area contributed by atoms with E-state index < -0.39 is 4.92 Å². The summed E-state index contributed by atoms with van der Waals surface area (Å²) in [6.07, 6.45) is 1.70. The van der Waals surface area contributed by atoms with E-state index in [1.165, 1.54) is 12.1 Å². The quantitative estimate of drug-likeness (QED) is 0.136. The number of rotatable bonds is 8. The Morgan fingerprint density at radius 3 is 2.33 bits per heavy atom. The Hall–Kier alpha value is -3.63. The van der Waals surface area contributed by atoms with Crippen LogP contribution in [0.5, 0.6) is 11.5 Å². The molecule has 0 heterocycles. The van der Waals surface area contributed by atoms with Gasteiger partial charge in [-0.25, -0.2) is 0 Å². The van der Waals surface area contributed by atoms with Crippen LogP contribution < -0.4 is 9.47 Å². The lowest BCUT2D eigenvalue weighted by atomic mass is 10.0. The van der Waals surface area contributed by atoms with Gasteiger partial charge < -0.3 is 9.47 Å². The molecule has 6 nitrogen and oxygen atoms in total. The van der Waals surface area contributed by atoms with Gasteiger partial charge in [0.1, 0.15) is 24.7 Å². The van der Waals surface area contributed by atoms with E-state index in [0.29, 0.717) is 30.1 Å². The van der Waals surface area contributed by atoms with Crippen molar-refractivity contribution in [1.29, 1.82) is 5.26 Å². The number of non-ortho nitro benzene ring substituents is 1. The number of hydrogen-bond acceptors (Lipinski definition) is 5. The third-order valence-electron chi connectivity index (χ3n) is 4.15. The molecule has 0 aliphatic carbocycles. The molecule has 0 aliphatic rings. The average Bonchev–Trinajstić information content (AvgIpc) is 2.77. The molecule has 0 N–H and O–H groups in total. The lowest BCUT2D eigenvalue weighted by molar-refractivity contribution is -0.384. The van der Waals surface area contributed by atoms with Crippen LogP contribution in [0.1, 0.15) is 11.1 Å². The van der Waals surface area contributed by atoms with E-state index >= 15 is 0 Å². The number of para-hydroxylation sites is 1. The standard InChI is InChI=1S/C23H17BrN2O4/c24-20-7-11-22(12-8-20)29-13-14-30-23-4-2-1-3-18(23)15-19(16-25)17-5-9-21(10-6-17)26(27)28/h1-12,15H,13-14H2/b19-15+. The van der Waals surface area contributed by atoms with Crippen LogP contribution in [-0.4, -0.2) is 18.1 Å². The second-order valence-corrected chi connectivity index (χ2v) is 7.08. The second-order valence-electron chi connectivity index (χ2n) is 6.16. The SMILES string of the molecule is N#C/C(=C\c1ccccc1OCCOc1ccc(Br)cc1)c1ccc([N+](=O)[O-])cc1. The van der Waals surface area contributed by atoms with Crippen LogP contribution in [0.2, 0.25) is 0 Å². The molecule has 0 aliphatic heterocycles. The van der Waals surface area contributed by atoms with Gasteiger partial charge in [-0.1, -0.05) is 34.1 Å². The third-order valence-corrected chi connectivity index (χ3v) is 4.68. The molecule has 0 saturated heterocycles. The van der Waals surface area contributed by atoms with Gasteiger partial charge in [0.05, 0.1) is 16.6 Å². The van der Waals surface area contributed by atoms with Gasteiger partial charge in [0, 0.05) is 22.2 Å². The van der Waals surface area contributed by atoms with Gasteiger partial charge in [-0.15, -0.1) is 0 Å².